The van der Waals surface area contributed by atoms with Crippen molar-refractivity contribution in [1.29, 1.82) is 0 Å². The second kappa shape index (κ2) is 7.97. The lowest BCUT2D eigenvalue weighted by atomic mass is 9.55. The molecule has 172 valence electrons. The van der Waals surface area contributed by atoms with Gasteiger partial charge in [0.05, 0.1) is 12.7 Å². The van der Waals surface area contributed by atoms with E-state index in [1.165, 1.54) is 11.1 Å². The zero-order chi connectivity index (χ0) is 21.9. The molecule has 31 heavy (non-hydrogen) atoms. The molecule has 3 aliphatic carbocycles. The van der Waals surface area contributed by atoms with Crippen LogP contribution >= 0.6 is 0 Å². The van der Waals surface area contributed by atoms with Crippen LogP contribution in [0.25, 0.3) is 0 Å². The van der Waals surface area contributed by atoms with Crippen LogP contribution in [0.3, 0.4) is 0 Å². The maximum absolute atomic E-state index is 10.4. The van der Waals surface area contributed by atoms with Crippen LogP contribution < -0.4 is 0 Å². The number of aromatic hydroxyl groups is 1. The number of aryl methyl sites for hydroxylation is 1. The van der Waals surface area contributed by atoms with E-state index in [1.807, 2.05) is 6.07 Å². The molecule has 1 heterocycles. The lowest BCUT2D eigenvalue weighted by Crippen LogP contribution is -2.60. The highest BCUT2D eigenvalue weighted by molar-refractivity contribution is 5.40. The summed E-state index contributed by atoms with van der Waals surface area (Å²) in [4.78, 5) is 0. The molecule has 1 aliphatic heterocycles. The summed E-state index contributed by atoms with van der Waals surface area (Å²) in [5.74, 6) is 1.92. The van der Waals surface area contributed by atoms with Gasteiger partial charge >= 0.3 is 0 Å². The standard InChI is InChI=1S/C24H34O7/c1-24-9-8-15-14-5-3-13(26)10-12(14)2-4-16(15)17(24)6-7-19(24)31-23-22(29)21(28)20(27)18(11-25)30-23/h3,5,10,15-23,25-29H,2,4,6-9,11H2,1H3/t15-,16-,17+,18-,19+,20+,21+,22-,23+,24+/m1/s1. The zero-order valence-electron chi connectivity index (χ0n) is 17.9. The van der Waals surface area contributed by atoms with Crippen LogP contribution in [-0.2, 0) is 15.9 Å². The Labute approximate surface area is 182 Å². The van der Waals surface area contributed by atoms with Crippen LogP contribution in [0, 0.1) is 17.3 Å². The monoisotopic (exact) mass is 434 g/mol. The number of hydrogen-bond acceptors (Lipinski definition) is 7. The van der Waals surface area contributed by atoms with E-state index in [0.717, 1.165) is 38.5 Å². The number of benzene rings is 1. The molecule has 5 rings (SSSR count). The molecule has 4 aliphatic rings. The molecule has 1 aromatic rings. The van der Waals surface area contributed by atoms with Gasteiger partial charge in [-0.2, -0.15) is 0 Å². The average molecular weight is 435 g/mol. The van der Waals surface area contributed by atoms with E-state index in [0.29, 0.717) is 23.5 Å². The molecular weight excluding hydrogens is 400 g/mol. The molecule has 0 unspecified atom stereocenters. The fraction of sp³-hybridized carbons (Fsp3) is 0.750. The lowest BCUT2D eigenvalue weighted by molar-refractivity contribution is -0.319. The third kappa shape index (κ3) is 3.41. The molecule has 5 N–H and O–H groups in total. The summed E-state index contributed by atoms with van der Waals surface area (Å²) >= 11 is 0. The Kier molecular flexibility index (Phi) is 5.56. The molecule has 0 amide bonds. The Morgan fingerprint density at radius 3 is 2.65 bits per heavy atom. The highest BCUT2D eigenvalue weighted by Gasteiger charge is 2.57. The third-order valence-corrected chi connectivity index (χ3v) is 8.77. The normalized spacial score (nSPS) is 46.8. The van der Waals surface area contributed by atoms with Crippen molar-refractivity contribution >= 4 is 0 Å². The first-order valence-electron chi connectivity index (χ1n) is 11.6. The van der Waals surface area contributed by atoms with Crippen LogP contribution in [0.4, 0.5) is 0 Å². The SMILES string of the molecule is C[C@]12CC[C@@H]3c4ccc(O)cc4CC[C@H]3[C@@H]1CC[C@@H]2O[C@@H]1O[C@H](CO)[C@H](O)[C@H](O)[C@H]1O. The second-order valence-corrected chi connectivity index (χ2v) is 10.2. The topological polar surface area (TPSA) is 120 Å². The molecule has 3 fully saturated rings. The van der Waals surface area contributed by atoms with Crippen molar-refractivity contribution in [1.82, 2.24) is 0 Å². The van der Waals surface area contributed by atoms with Crippen LogP contribution in [0.15, 0.2) is 18.2 Å². The summed E-state index contributed by atoms with van der Waals surface area (Å²) in [6.07, 6.45) is -0.206. The Balaban J connectivity index is 1.33. The lowest BCUT2D eigenvalue weighted by Gasteiger charge is -2.51. The predicted octanol–water partition coefficient (Wildman–Crippen LogP) is 1.43. The van der Waals surface area contributed by atoms with E-state index in [9.17, 15) is 25.5 Å². The van der Waals surface area contributed by atoms with Crippen molar-refractivity contribution < 1.29 is 35.0 Å². The van der Waals surface area contributed by atoms with Gasteiger partial charge in [-0.1, -0.05) is 13.0 Å². The first kappa shape index (κ1) is 21.6. The summed E-state index contributed by atoms with van der Waals surface area (Å²) in [5.41, 5.74) is 2.61. The van der Waals surface area contributed by atoms with Crippen molar-refractivity contribution in [3.63, 3.8) is 0 Å². The highest BCUT2D eigenvalue weighted by atomic mass is 16.7. The summed E-state index contributed by atoms with van der Waals surface area (Å²) in [6.45, 7) is 1.83. The van der Waals surface area contributed by atoms with Gasteiger partial charge in [-0.3, -0.25) is 0 Å². The Morgan fingerprint density at radius 2 is 1.87 bits per heavy atom. The summed E-state index contributed by atoms with van der Waals surface area (Å²) in [6, 6.07) is 5.81. The van der Waals surface area contributed by atoms with Crippen molar-refractivity contribution in [2.24, 2.45) is 17.3 Å². The van der Waals surface area contributed by atoms with Crippen molar-refractivity contribution in [2.75, 3.05) is 6.61 Å². The molecule has 0 radical (unpaired) electrons. The van der Waals surface area contributed by atoms with Crippen LogP contribution in [0.2, 0.25) is 0 Å². The van der Waals surface area contributed by atoms with Gasteiger partial charge in [0, 0.05) is 0 Å². The van der Waals surface area contributed by atoms with E-state index >= 15 is 0 Å². The number of aliphatic hydroxyl groups is 4. The second-order valence-electron chi connectivity index (χ2n) is 10.2. The molecule has 0 aromatic heterocycles. The average Bonchev–Trinajstić information content (AvgIpc) is 3.09. The first-order chi connectivity index (χ1) is 14.8. The highest BCUT2D eigenvalue weighted by Crippen LogP contribution is 2.61. The van der Waals surface area contributed by atoms with E-state index in [4.69, 9.17) is 9.47 Å². The third-order valence-electron chi connectivity index (χ3n) is 8.77. The van der Waals surface area contributed by atoms with Gasteiger partial charge in [-0.25, -0.2) is 0 Å². The minimum Gasteiger partial charge on any atom is -0.508 e. The molecule has 0 spiro atoms. The fourth-order valence-corrected chi connectivity index (χ4v) is 7.09. The molecule has 7 nitrogen and oxygen atoms in total. The van der Waals surface area contributed by atoms with Crippen LogP contribution in [0.1, 0.15) is 56.1 Å². The van der Waals surface area contributed by atoms with Crippen molar-refractivity contribution in [3.8, 4) is 5.75 Å². The number of fused-ring (bicyclic) bond motifs is 5. The molecule has 2 saturated carbocycles. The number of aliphatic hydroxyl groups excluding tert-OH is 4. The molecule has 1 saturated heterocycles. The van der Waals surface area contributed by atoms with Crippen molar-refractivity contribution in [3.05, 3.63) is 29.3 Å². The molecular formula is C24H34O7. The summed E-state index contributed by atoms with van der Waals surface area (Å²) in [5, 5.41) is 49.9. The number of rotatable bonds is 3. The molecule has 0 bridgehead atoms. The van der Waals surface area contributed by atoms with Gasteiger partial charge < -0.3 is 35.0 Å². The largest absolute Gasteiger partial charge is 0.508 e. The quantitative estimate of drug-likeness (QED) is 0.488. The first-order valence-corrected chi connectivity index (χ1v) is 11.6. The summed E-state index contributed by atoms with van der Waals surface area (Å²) < 4.78 is 11.9. The van der Waals surface area contributed by atoms with E-state index in [-0.39, 0.29) is 11.5 Å². The van der Waals surface area contributed by atoms with Gasteiger partial charge in [0.15, 0.2) is 6.29 Å². The minimum absolute atomic E-state index is 0.0472. The fourth-order valence-electron chi connectivity index (χ4n) is 7.09. The predicted molar refractivity (Wildman–Crippen MR) is 111 cm³/mol. The molecule has 7 heteroatoms. The zero-order valence-corrected chi connectivity index (χ0v) is 17.9. The summed E-state index contributed by atoms with van der Waals surface area (Å²) in [7, 11) is 0. The van der Waals surface area contributed by atoms with Gasteiger partial charge in [-0.05, 0) is 85.0 Å². The number of phenolic OH excluding ortho intramolecular Hbond substituents is 1. The van der Waals surface area contributed by atoms with Gasteiger partial charge in [0.1, 0.15) is 30.2 Å². The minimum atomic E-state index is -1.41. The Bertz CT molecular complexity index is 813. The van der Waals surface area contributed by atoms with E-state index < -0.39 is 37.3 Å². The van der Waals surface area contributed by atoms with Crippen LogP contribution in [0.5, 0.6) is 5.75 Å². The molecule has 10 atom stereocenters. The maximum Gasteiger partial charge on any atom is 0.186 e. The van der Waals surface area contributed by atoms with Gasteiger partial charge in [0.25, 0.3) is 0 Å². The maximum atomic E-state index is 10.4. The number of ether oxygens (including phenoxy) is 2. The van der Waals surface area contributed by atoms with Gasteiger partial charge in [-0.15, -0.1) is 0 Å². The number of hydrogen-bond donors (Lipinski definition) is 5. The van der Waals surface area contributed by atoms with E-state index in [2.05, 4.69) is 13.0 Å². The Hall–Kier alpha value is -1.22. The van der Waals surface area contributed by atoms with E-state index in [1.54, 1.807) is 6.07 Å². The van der Waals surface area contributed by atoms with Crippen molar-refractivity contribution in [2.45, 2.75) is 88.2 Å². The Morgan fingerprint density at radius 1 is 1.06 bits per heavy atom. The molecule has 1 aromatic carbocycles. The number of phenols is 1. The van der Waals surface area contributed by atoms with Crippen LogP contribution in [-0.4, -0.2) is 68.9 Å². The van der Waals surface area contributed by atoms with Gasteiger partial charge in [0.2, 0.25) is 0 Å². The smallest absolute Gasteiger partial charge is 0.186 e.